The summed E-state index contributed by atoms with van der Waals surface area (Å²) in [6.45, 7) is 3.08. The van der Waals surface area contributed by atoms with Crippen molar-refractivity contribution in [2.45, 2.75) is 19.4 Å². The Kier molecular flexibility index (Phi) is 5.26. The first-order valence-electron chi connectivity index (χ1n) is 7.60. The van der Waals surface area contributed by atoms with E-state index in [9.17, 15) is 4.79 Å². The minimum atomic E-state index is -0.268. The number of fused-ring (bicyclic) bond motifs is 1. The van der Waals surface area contributed by atoms with Crippen LogP contribution in [0.5, 0.6) is 11.5 Å². The van der Waals surface area contributed by atoms with E-state index in [0.29, 0.717) is 29.0 Å². The molecule has 1 aliphatic rings. The predicted molar refractivity (Wildman–Crippen MR) is 94.9 cm³/mol. The number of hydrogen-bond donors (Lipinski definition) is 1. The van der Waals surface area contributed by atoms with Crippen LogP contribution in [0.25, 0.3) is 0 Å². The van der Waals surface area contributed by atoms with E-state index in [1.807, 2.05) is 25.1 Å². The first-order valence-corrected chi connectivity index (χ1v) is 8.77. The van der Waals surface area contributed by atoms with Crippen LogP contribution in [-0.4, -0.2) is 24.1 Å². The highest BCUT2D eigenvalue weighted by atomic mass is 79.9. The molecule has 0 saturated heterocycles. The molecule has 126 valence electrons. The summed E-state index contributed by atoms with van der Waals surface area (Å²) < 4.78 is 11.8. The van der Waals surface area contributed by atoms with Crippen LogP contribution in [0.1, 0.15) is 35.3 Å². The maximum Gasteiger partial charge on any atom is 0.254 e. The van der Waals surface area contributed by atoms with Crippen LogP contribution in [0.3, 0.4) is 0 Å². The summed E-state index contributed by atoms with van der Waals surface area (Å²) in [5, 5.41) is 3.17. The van der Waals surface area contributed by atoms with E-state index in [4.69, 9.17) is 21.1 Å². The maximum atomic E-state index is 12.5. The van der Waals surface area contributed by atoms with Crippen LogP contribution >= 0.6 is 27.5 Å². The molecule has 2 heterocycles. The van der Waals surface area contributed by atoms with Gasteiger partial charge in [-0.25, -0.2) is 4.98 Å². The minimum Gasteiger partial charge on any atom is -0.486 e. The summed E-state index contributed by atoms with van der Waals surface area (Å²) in [6, 6.07) is 7.20. The van der Waals surface area contributed by atoms with Crippen LogP contribution < -0.4 is 14.8 Å². The monoisotopic (exact) mass is 410 g/mol. The van der Waals surface area contributed by atoms with E-state index in [2.05, 4.69) is 26.2 Å². The zero-order valence-corrected chi connectivity index (χ0v) is 15.4. The summed E-state index contributed by atoms with van der Waals surface area (Å²) in [5.74, 6) is 1.16. The van der Waals surface area contributed by atoms with Gasteiger partial charge in [-0.3, -0.25) is 4.79 Å². The third-order valence-electron chi connectivity index (χ3n) is 3.73. The molecule has 0 fully saturated rings. The summed E-state index contributed by atoms with van der Waals surface area (Å²) in [6.07, 6.45) is 2.28. The summed E-state index contributed by atoms with van der Waals surface area (Å²) >= 11 is 9.33. The van der Waals surface area contributed by atoms with Crippen molar-refractivity contribution in [3.63, 3.8) is 0 Å². The average molecular weight is 412 g/mol. The average Bonchev–Trinajstić information content (AvgIpc) is 2.61. The lowest BCUT2D eigenvalue weighted by molar-refractivity contribution is 0.0935. The molecule has 24 heavy (non-hydrogen) atoms. The Labute approximate surface area is 153 Å². The van der Waals surface area contributed by atoms with Gasteiger partial charge in [-0.15, -0.1) is 0 Å². The number of amides is 1. The quantitative estimate of drug-likeness (QED) is 0.768. The SMILES string of the molecule is CCC(NC(=O)c1cc(Br)cnc1Cl)c1ccc2c(c1)OCCO2. The Morgan fingerprint density at radius 3 is 2.83 bits per heavy atom. The normalized spacial score (nSPS) is 14.1. The standard InChI is InChI=1S/C17H16BrClN2O3/c1-2-13(10-3-4-14-15(7-10)24-6-5-23-14)21-17(22)12-8-11(18)9-20-16(12)19/h3-4,7-9,13H,2,5-6H2,1H3,(H,21,22). The van der Waals surface area contributed by atoms with Gasteiger partial charge in [-0.05, 0) is 46.1 Å². The van der Waals surface area contributed by atoms with Crippen molar-refractivity contribution in [2.75, 3.05) is 13.2 Å². The molecule has 5 nitrogen and oxygen atoms in total. The van der Waals surface area contributed by atoms with Crippen molar-refractivity contribution < 1.29 is 14.3 Å². The molecule has 1 aromatic heterocycles. The number of carbonyl (C=O) groups is 1. The molecule has 2 aromatic rings. The van der Waals surface area contributed by atoms with Gasteiger partial charge in [0.15, 0.2) is 11.5 Å². The summed E-state index contributed by atoms with van der Waals surface area (Å²) in [7, 11) is 0. The fourth-order valence-electron chi connectivity index (χ4n) is 2.52. The Morgan fingerprint density at radius 1 is 1.33 bits per heavy atom. The van der Waals surface area contributed by atoms with Crippen LogP contribution in [0.4, 0.5) is 0 Å². The first kappa shape index (κ1) is 17.0. The lowest BCUT2D eigenvalue weighted by Gasteiger charge is -2.22. The number of rotatable bonds is 4. The number of nitrogens with one attached hydrogen (secondary N) is 1. The Bertz CT molecular complexity index is 769. The van der Waals surface area contributed by atoms with Crippen LogP contribution in [-0.2, 0) is 0 Å². The van der Waals surface area contributed by atoms with Gasteiger partial charge in [0.1, 0.15) is 18.4 Å². The molecular weight excluding hydrogens is 396 g/mol. The molecule has 7 heteroatoms. The van der Waals surface area contributed by atoms with Crippen molar-refractivity contribution in [3.8, 4) is 11.5 Å². The van der Waals surface area contributed by atoms with E-state index >= 15 is 0 Å². The van der Waals surface area contributed by atoms with Gasteiger partial charge >= 0.3 is 0 Å². The van der Waals surface area contributed by atoms with E-state index in [1.165, 1.54) is 0 Å². The number of aromatic nitrogens is 1. The van der Waals surface area contributed by atoms with Gasteiger partial charge in [-0.2, -0.15) is 0 Å². The van der Waals surface area contributed by atoms with Crippen molar-refractivity contribution in [2.24, 2.45) is 0 Å². The minimum absolute atomic E-state index is 0.164. The molecule has 0 aliphatic carbocycles. The number of pyridine rings is 1. The van der Waals surface area contributed by atoms with Crippen LogP contribution in [0, 0.1) is 0 Å². The van der Waals surface area contributed by atoms with Crippen LogP contribution in [0.15, 0.2) is 34.9 Å². The molecule has 0 bridgehead atoms. The van der Waals surface area contributed by atoms with E-state index in [-0.39, 0.29) is 17.1 Å². The van der Waals surface area contributed by atoms with Crippen molar-refractivity contribution in [1.82, 2.24) is 10.3 Å². The van der Waals surface area contributed by atoms with E-state index in [1.54, 1.807) is 12.3 Å². The second-order valence-electron chi connectivity index (χ2n) is 5.33. The highest BCUT2D eigenvalue weighted by molar-refractivity contribution is 9.10. The zero-order chi connectivity index (χ0) is 17.1. The largest absolute Gasteiger partial charge is 0.486 e. The van der Waals surface area contributed by atoms with Gasteiger partial charge in [0, 0.05) is 10.7 Å². The van der Waals surface area contributed by atoms with Gasteiger partial charge in [-0.1, -0.05) is 24.6 Å². The van der Waals surface area contributed by atoms with Crippen LogP contribution in [0.2, 0.25) is 5.15 Å². The maximum absolute atomic E-state index is 12.5. The molecule has 0 spiro atoms. The molecule has 1 atom stereocenters. The fourth-order valence-corrected chi connectivity index (χ4v) is 3.04. The smallest absolute Gasteiger partial charge is 0.254 e. The highest BCUT2D eigenvalue weighted by Gasteiger charge is 2.20. The molecule has 0 radical (unpaired) electrons. The summed E-state index contributed by atoms with van der Waals surface area (Å²) in [5.41, 5.74) is 1.29. The van der Waals surface area contributed by atoms with Gasteiger partial charge in [0.2, 0.25) is 0 Å². The molecule has 3 rings (SSSR count). The van der Waals surface area contributed by atoms with E-state index in [0.717, 1.165) is 17.7 Å². The Balaban J connectivity index is 1.81. The lowest BCUT2D eigenvalue weighted by Crippen LogP contribution is -2.28. The third-order valence-corrected chi connectivity index (χ3v) is 4.47. The molecule has 1 N–H and O–H groups in total. The molecule has 1 aliphatic heterocycles. The Hall–Kier alpha value is -1.79. The summed E-state index contributed by atoms with van der Waals surface area (Å²) in [4.78, 5) is 16.5. The third kappa shape index (κ3) is 3.65. The second-order valence-corrected chi connectivity index (χ2v) is 6.60. The molecule has 1 unspecified atom stereocenters. The Morgan fingerprint density at radius 2 is 2.08 bits per heavy atom. The number of ether oxygens (including phenoxy) is 2. The van der Waals surface area contributed by atoms with Crippen molar-refractivity contribution in [3.05, 3.63) is 51.2 Å². The van der Waals surface area contributed by atoms with Crippen molar-refractivity contribution >= 4 is 33.4 Å². The molecular formula is C17H16BrClN2O3. The van der Waals surface area contributed by atoms with E-state index < -0.39 is 0 Å². The fraction of sp³-hybridized carbons (Fsp3) is 0.294. The molecule has 0 saturated carbocycles. The topological polar surface area (TPSA) is 60.5 Å². The second kappa shape index (κ2) is 7.40. The van der Waals surface area contributed by atoms with Crippen molar-refractivity contribution in [1.29, 1.82) is 0 Å². The van der Waals surface area contributed by atoms with Gasteiger partial charge in [0.25, 0.3) is 5.91 Å². The number of halogens is 2. The first-order chi connectivity index (χ1) is 11.6. The number of carbonyl (C=O) groups excluding carboxylic acids is 1. The lowest BCUT2D eigenvalue weighted by atomic mass is 10.0. The van der Waals surface area contributed by atoms with Gasteiger partial charge in [0.05, 0.1) is 11.6 Å². The van der Waals surface area contributed by atoms with Gasteiger partial charge < -0.3 is 14.8 Å². The number of nitrogens with zero attached hydrogens (tertiary/aromatic N) is 1. The zero-order valence-electron chi connectivity index (χ0n) is 13.0. The number of hydrogen-bond acceptors (Lipinski definition) is 4. The molecule has 1 amide bonds. The predicted octanol–water partition coefficient (Wildman–Crippen LogP) is 4.15. The number of benzene rings is 1. The highest BCUT2D eigenvalue weighted by Crippen LogP contribution is 2.33. The molecule has 1 aromatic carbocycles.